The molecule has 0 bridgehead atoms. The maximum Gasteiger partial charge on any atom is 0.261 e. The third kappa shape index (κ3) is 2.92. The van der Waals surface area contributed by atoms with Gasteiger partial charge in [0.05, 0.1) is 12.0 Å². The molecule has 3 amide bonds. The SMILES string of the molecule is CN1C(=O)C2ON(CC(=O)NC3CC3)C(c3ccc(Cl)cc3)C2C1=O. The molecule has 0 radical (unpaired) electrons. The molecule has 2 saturated heterocycles. The smallest absolute Gasteiger partial charge is 0.261 e. The van der Waals surface area contributed by atoms with E-state index in [1.807, 2.05) is 0 Å². The van der Waals surface area contributed by atoms with E-state index in [2.05, 4.69) is 5.32 Å². The molecule has 3 unspecified atom stereocenters. The number of halogens is 1. The van der Waals surface area contributed by atoms with Crippen molar-refractivity contribution in [3.63, 3.8) is 0 Å². The summed E-state index contributed by atoms with van der Waals surface area (Å²) in [6.45, 7) is -0.0267. The zero-order valence-electron chi connectivity index (χ0n) is 13.6. The Balaban J connectivity index is 1.62. The van der Waals surface area contributed by atoms with Crippen LogP contribution in [0.5, 0.6) is 0 Å². The first-order chi connectivity index (χ1) is 12.0. The first kappa shape index (κ1) is 16.5. The first-order valence-electron chi connectivity index (χ1n) is 8.25. The highest BCUT2D eigenvalue weighted by Gasteiger charge is 2.58. The molecule has 132 valence electrons. The summed E-state index contributed by atoms with van der Waals surface area (Å²) in [5, 5.41) is 4.93. The average molecular weight is 364 g/mol. The molecule has 2 aliphatic heterocycles. The Labute approximate surface area is 149 Å². The summed E-state index contributed by atoms with van der Waals surface area (Å²) in [6, 6.07) is 6.75. The third-order valence-corrected chi connectivity index (χ3v) is 5.12. The van der Waals surface area contributed by atoms with E-state index in [1.54, 1.807) is 24.3 Å². The van der Waals surface area contributed by atoms with Gasteiger partial charge in [-0.15, -0.1) is 0 Å². The second-order valence-corrected chi connectivity index (χ2v) is 7.14. The van der Waals surface area contributed by atoms with Gasteiger partial charge in [-0.05, 0) is 30.5 Å². The van der Waals surface area contributed by atoms with Crippen LogP contribution in [0, 0.1) is 5.92 Å². The van der Waals surface area contributed by atoms with Crippen LogP contribution < -0.4 is 5.32 Å². The lowest BCUT2D eigenvalue weighted by Crippen LogP contribution is -2.40. The van der Waals surface area contributed by atoms with Crippen LogP contribution in [0.25, 0.3) is 0 Å². The van der Waals surface area contributed by atoms with Gasteiger partial charge >= 0.3 is 0 Å². The number of nitrogens with zero attached hydrogens (tertiary/aromatic N) is 2. The number of nitrogens with one attached hydrogen (secondary N) is 1. The predicted octanol–water partition coefficient (Wildman–Crippen LogP) is 0.890. The molecule has 8 heteroatoms. The van der Waals surface area contributed by atoms with Gasteiger partial charge in [0.25, 0.3) is 5.91 Å². The minimum absolute atomic E-state index is 0.0267. The summed E-state index contributed by atoms with van der Waals surface area (Å²) < 4.78 is 0. The minimum Gasteiger partial charge on any atom is -0.352 e. The van der Waals surface area contributed by atoms with Gasteiger partial charge < -0.3 is 5.32 Å². The van der Waals surface area contributed by atoms with Crippen molar-refractivity contribution in [2.45, 2.75) is 31.0 Å². The van der Waals surface area contributed by atoms with Crippen LogP contribution in [0.2, 0.25) is 5.02 Å². The van der Waals surface area contributed by atoms with Crippen LogP contribution >= 0.6 is 11.6 Å². The lowest BCUT2D eigenvalue weighted by Gasteiger charge is -2.26. The van der Waals surface area contributed by atoms with Crippen LogP contribution in [-0.2, 0) is 19.2 Å². The highest BCUT2D eigenvalue weighted by molar-refractivity contribution is 6.30. The van der Waals surface area contributed by atoms with Gasteiger partial charge in [-0.2, -0.15) is 5.06 Å². The number of carbonyl (C=O) groups excluding carboxylic acids is 3. The number of carbonyl (C=O) groups is 3. The van der Waals surface area contributed by atoms with Crippen LogP contribution in [0.1, 0.15) is 24.4 Å². The van der Waals surface area contributed by atoms with Crippen molar-refractivity contribution in [1.82, 2.24) is 15.3 Å². The molecular weight excluding hydrogens is 346 g/mol. The molecular formula is C17H18ClN3O4. The van der Waals surface area contributed by atoms with Crippen LogP contribution in [0.4, 0.5) is 0 Å². The van der Waals surface area contributed by atoms with Crippen LogP contribution in [-0.4, -0.2) is 53.4 Å². The lowest BCUT2D eigenvalue weighted by molar-refractivity contribution is -0.181. The topological polar surface area (TPSA) is 79.0 Å². The fourth-order valence-electron chi connectivity index (χ4n) is 3.42. The summed E-state index contributed by atoms with van der Waals surface area (Å²) in [7, 11) is 1.45. The van der Waals surface area contributed by atoms with Gasteiger partial charge in [0.1, 0.15) is 6.54 Å². The second kappa shape index (κ2) is 6.09. The van der Waals surface area contributed by atoms with Crippen molar-refractivity contribution in [1.29, 1.82) is 0 Å². The molecule has 1 aromatic carbocycles. The molecule has 3 atom stereocenters. The number of hydrogen-bond acceptors (Lipinski definition) is 5. The fraction of sp³-hybridized carbons (Fsp3) is 0.471. The van der Waals surface area contributed by atoms with E-state index in [1.165, 1.54) is 12.1 Å². The van der Waals surface area contributed by atoms with Crippen LogP contribution in [0.15, 0.2) is 24.3 Å². The van der Waals surface area contributed by atoms with Crippen molar-refractivity contribution < 1.29 is 19.2 Å². The van der Waals surface area contributed by atoms with Gasteiger partial charge in [-0.3, -0.25) is 24.1 Å². The Morgan fingerprint density at radius 1 is 1.24 bits per heavy atom. The van der Waals surface area contributed by atoms with Gasteiger partial charge in [0.2, 0.25) is 11.8 Å². The number of likely N-dealkylation sites (tertiary alicyclic amines) is 1. The maximum atomic E-state index is 12.5. The number of benzene rings is 1. The largest absolute Gasteiger partial charge is 0.352 e. The van der Waals surface area contributed by atoms with E-state index in [0.717, 1.165) is 23.3 Å². The van der Waals surface area contributed by atoms with Crippen molar-refractivity contribution in [3.05, 3.63) is 34.9 Å². The maximum absolute atomic E-state index is 12.5. The quantitative estimate of drug-likeness (QED) is 0.804. The molecule has 2 heterocycles. The fourth-order valence-corrected chi connectivity index (χ4v) is 3.55. The molecule has 1 aliphatic carbocycles. The Morgan fingerprint density at radius 2 is 1.92 bits per heavy atom. The van der Waals surface area contributed by atoms with Crippen molar-refractivity contribution >= 4 is 29.3 Å². The molecule has 4 rings (SSSR count). The standard InChI is InChI=1S/C17H18ClN3O4/c1-20-16(23)13-14(9-2-4-10(18)5-3-9)21(25-15(13)17(20)24)8-12(22)19-11-6-7-11/h2-5,11,13-15H,6-8H2,1H3,(H,19,22). The summed E-state index contributed by atoms with van der Waals surface area (Å²) >= 11 is 5.95. The third-order valence-electron chi connectivity index (χ3n) is 4.87. The number of imide groups is 1. The van der Waals surface area contributed by atoms with Gasteiger partial charge in [0.15, 0.2) is 6.10 Å². The molecule has 3 fully saturated rings. The highest BCUT2D eigenvalue weighted by atomic mass is 35.5. The normalized spacial score (nSPS) is 29.2. The molecule has 0 aromatic heterocycles. The minimum atomic E-state index is -0.882. The number of amides is 3. The molecule has 1 saturated carbocycles. The summed E-state index contributed by atoms with van der Waals surface area (Å²) in [4.78, 5) is 43.8. The van der Waals surface area contributed by atoms with E-state index >= 15 is 0 Å². The molecule has 0 spiro atoms. The molecule has 7 nitrogen and oxygen atoms in total. The number of hydrogen-bond donors (Lipinski definition) is 1. The molecule has 1 N–H and O–H groups in total. The van der Waals surface area contributed by atoms with E-state index in [9.17, 15) is 14.4 Å². The van der Waals surface area contributed by atoms with E-state index < -0.39 is 18.1 Å². The second-order valence-electron chi connectivity index (χ2n) is 6.70. The lowest BCUT2D eigenvalue weighted by atomic mass is 9.91. The predicted molar refractivity (Wildman–Crippen MR) is 88.2 cm³/mol. The highest BCUT2D eigenvalue weighted by Crippen LogP contribution is 2.44. The van der Waals surface area contributed by atoms with Crippen LogP contribution in [0.3, 0.4) is 0 Å². The number of hydroxylamine groups is 2. The molecule has 25 heavy (non-hydrogen) atoms. The number of fused-ring (bicyclic) bond motifs is 1. The van der Waals surface area contributed by atoms with Gasteiger partial charge in [0, 0.05) is 18.1 Å². The number of likely N-dealkylation sites (N-methyl/N-ethyl adjacent to an activating group) is 1. The van der Waals surface area contributed by atoms with E-state index in [-0.39, 0.29) is 30.3 Å². The van der Waals surface area contributed by atoms with Gasteiger partial charge in [-0.25, -0.2) is 0 Å². The summed E-state index contributed by atoms with van der Waals surface area (Å²) in [5.74, 6) is -1.50. The monoisotopic (exact) mass is 363 g/mol. The average Bonchev–Trinajstić information content (AvgIpc) is 3.28. The Hall–Kier alpha value is -1.96. The Morgan fingerprint density at radius 3 is 2.56 bits per heavy atom. The van der Waals surface area contributed by atoms with Crippen molar-refractivity contribution in [3.8, 4) is 0 Å². The zero-order valence-corrected chi connectivity index (χ0v) is 14.4. The van der Waals surface area contributed by atoms with Gasteiger partial charge in [-0.1, -0.05) is 23.7 Å². The van der Waals surface area contributed by atoms with E-state index in [0.29, 0.717) is 5.02 Å². The Bertz CT molecular complexity index is 734. The van der Waals surface area contributed by atoms with Crippen molar-refractivity contribution in [2.75, 3.05) is 13.6 Å². The molecule has 3 aliphatic rings. The van der Waals surface area contributed by atoms with E-state index in [4.69, 9.17) is 16.4 Å². The molecule has 1 aromatic rings. The Kier molecular flexibility index (Phi) is 4.02. The first-order valence-corrected chi connectivity index (χ1v) is 8.63. The zero-order chi connectivity index (χ0) is 17.7. The summed E-state index contributed by atoms with van der Waals surface area (Å²) in [6.07, 6.45) is 1.09. The summed E-state index contributed by atoms with van der Waals surface area (Å²) in [5.41, 5.74) is 0.785. The van der Waals surface area contributed by atoms with Crippen molar-refractivity contribution in [2.24, 2.45) is 5.92 Å². The number of rotatable bonds is 4.